The van der Waals surface area contributed by atoms with Gasteiger partial charge >= 0.3 is 6.09 Å². The molecular formula is C27H33N3O9. The van der Waals surface area contributed by atoms with Crippen LogP contribution in [-0.2, 0) is 14.3 Å². The largest absolute Gasteiger partial charge is 0.510 e. The molecule has 0 spiro atoms. The van der Waals surface area contributed by atoms with Gasteiger partial charge in [-0.15, -0.1) is 0 Å². The minimum absolute atomic E-state index is 0.135. The van der Waals surface area contributed by atoms with Crippen LogP contribution in [0.25, 0.3) is 0 Å². The second-order valence-electron chi connectivity index (χ2n) is 11.5. The van der Waals surface area contributed by atoms with Gasteiger partial charge in [-0.2, -0.15) is 0 Å². The van der Waals surface area contributed by atoms with Crippen LogP contribution in [0.1, 0.15) is 49.5 Å². The van der Waals surface area contributed by atoms with Crippen molar-refractivity contribution in [3.63, 3.8) is 0 Å². The lowest BCUT2D eigenvalue weighted by Crippen LogP contribution is -2.69. The molecule has 4 rings (SSSR count). The summed E-state index contributed by atoms with van der Waals surface area (Å²) in [7, 11) is 2.97. The lowest BCUT2D eigenvalue weighted by atomic mass is 9.55. The van der Waals surface area contributed by atoms with E-state index in [1.165, 1.54) is 31.1 Å². The molecule has 6 unspecified atom stereocenters. The van der Waals surface area contributed by atoms with Gasteiger partial charge < -0.3 is 36.2 Å². The summed E-state index contributed by atoms with van der Waals surface area (Å²) in [6, 6.07) is 3.08. The molecule has 3 aliphatic carbocycles. The van der Waals surface area contributed by atoms with Gasteiger partial charge in [-0.3, -0.25) is 19.3 Å². The average molecular weight is 544 g/mol. The molecule has 6 atom stereocenters. The van der Waals surface area contributed by atoms with E-state index < -0.39 is 87.3 Å². The average Bonchev–Trinajstić information content (AvgIpc) is 2.79. The minimum Gasteiger partial charge on any atom is -0.510 e. The lowest BCUT2D eigenvalue weighted by molar-refractivity contribution is -0.162. The zero-order valence-electron chi connectivity index (χ0n) is 22.5. The monoisotopic (exact) mass is 543 g/mol. The summed E-state index contributed by atoms with van der Waals surface area (Å²) in [4.78, 5) is 54.2. The topological polar surface area (TPSA) is 200 Å². The van der Waals surface area contributed by atoms with Crippen LogP contribution in [-0.4, -0.2) is 86.3 Å². The van der Waals surface area contributed by atoms with Crippen LogP contribution in [0.4, 0.5) is 4.79 Å². The molecule has 210 valence electrons. The number of nitrogens with zero attached hydrogens (tertiary/aromatic N) is 1. The van der Waals surface area contributed by atoms with Crippen molar-refractivity contribution in [3.8, 4) is 5.75 Å². The molecule has 1 aromatic carbocycles. The lowest BCUT2D eigenvalue weighted by Gasteiger charge is -2.54. The zero-order chi connectivity index (χ0) is 29.4. The highest BCUT2D eigenvalue weighted by molar-refractivity contribution is 6.25. The number of aliphatic hydroxyl groups excluding tert-OH is 2. The summed E-state index contributed by atoms with van der Waals surface area (Å²) in [6.45, 7) is 6.80. The van der Waals surface area contributed by atoms with Crippen molar-refractivity contribution < 1.29 is 44.3 Å². The van der Waals surface area contributed by atoms with Crippen molar-refractivity contribution in [1.82, 2.24) is 10.2 Å². The standard InChI is InChI=1S/C27H33N3O9/c1-10-11-8-7-9-12(31)14(11)19(32)15-13(10)21(39-25(37)29-26(2,3)4)17-18(30(5)6)20(33)16(24(28)36)23(35)27(17,38)22(15)34/h7-10,13,17-18,21,31,33-34,38H,1-6H3,(H2,28,36)(H,29,37). The smallest absolute Gasteiger partial charge is 0.407 e. The predicted molar refractivity (Wildman–Crippen MR) is 137 cm³/mol. The van der Waals surface area contributed by atoms with Gasteiger partial charge in [0.1, 0.15) is 28.9 Å². The summed E-state index contributed by atoms with van der Waals surface area (Å²) in [5.74, 6) is -9.23. The first kappa shape index (κ1) is 28.1. The number of phenols is 1. The maximum Gasteiger partial charge on any atom is 0.407 e. The minimum atomic E-state index is -2.98. The Morgan fingerprint density at radius 3 is 2.28 bits per heavy atom. The Hall–Kier alpha value is -3.90. The summed E-state index contributed by atoms with van der Waals surface area (Å²) in [5, 5.41) is 47.8. The number of Topliss-reactive ketones (excluding diaryl/α,β-unsaturated/α-hetero) is 2. The molecule has 0 heterocycles. The van der Waals surface area contributed by atoms with Crippen molar-refractivity contribution in [2.24, 2.45) is 17.6 Å². The number of ketones is 2. The quantitative estimate of drug-likeness (QED) is 0.301. The number of benzene rings is 1. The van der Waals surface area contributed by atoms with Gasteiger partial charge in [0.25, 0.3) is 5.91 Å². The normalized spacial score (nSPS) is 30.5. The molecule has 7 N–H and O–H groups in total. The number of aromatic hydroxyl groups is 1. The number of carbonyl (C=O) groups is 4. The van der Waals surface area contributed by atoms with Crippen LogP contribution in [0.2, 0.25) is 0 Å². The number of nitrogens with one attached hydrogen (secondary N) is 1. The first-order chi connectivity index (χ1) is 17.9. The number of aliphatic hydroxyl groups is 3. The van der Waals surface area contributed by atoms with Crippen molar-refractivity contribution in [3.05, 3.63) is 52.0 Å². The molecule has 39 heavy (non-hydrogen) atoms. The number of likely N-dealkylation sites (N-methyl/N-ethyl adjacent to an activating group) is 1. The van der Waals surface area contributed by atoms with Crippen molar-refractivity contribution in [2.75, 3.05) is 14.1 Å². The fourth-order valence-corrected chi connectivity index (χ4v) is 6.15. The van der Waals surface area contributed by atoms with Crippen molar-refractivity contribution in [2.45, 2.75) is 56.9 Å². The molecule has 1 aromatic rings. The Morgan fingerprint density at radius 1 is 1.13 bits per heavy atom. The van der Waals surface area contributed by atoms with Crippen LogP contribution >= 0.6 is 0 Å². The summed E-state index contributed by atoms with van der Waals surface area (Å²) in [6.07, 6.45) is -2.42. The Kier molecular flexibility index (Phi) is 6.56. The van der Waals surface area contributed by atoms with Gasteiger partial charge in [-0.1, -0.05) is 19.1 Å². The summed E-state index contributed by atoms with van der Waals surface area (Å²) < 4.78 is 5.86. The van der Waals surface area contributed by atoms with Crippen LogP contribution in [0.5, 0.6) is 5.75 Å². The maximum absolute atomic E-state index is 13.8. The van der Waals surface area contributed by atoms with E-state index >= 15 is 0 Å². The third-order valence-corrected chi connectivity index (χ3v) is 7.69. The van der Waals surface area contributed by atoms with Gasteiger partial charge in [-0.05, 0) is 52.4 Å². The Labute approximate surface area is 224 Å². The molecular weight excluding hydrogens is 510 g/mol. The zero-order valence-corrected chi connectivity index (χ0v) is 22.5. The molecule has 0 saturated carbocycles. The number of phenolic OH excluding ortho intramolecular Hbond substituents is 1. The first-order valence-electron chi connectivity index (χ1n) is 12.4. The summed E-state index contributed by atoms with van der Waals surface area (Å²) >= 11 is 0. The van der Waals surface area contributed by atoms with Gasteiger partial charge in [0, 0.05) is 17.0 Å². The number of nitrogens with two attached hydrogens (primary N) is 1. The highest BCUT2D eigenvalue weighted by atomic mass is 16.6. The van der Waals surface area contributed by atoms with E-state index in [0.717, 1.165) is 0 Å². The van der Waals surface area contributed by atoms with Crippen LogP contribution < -0.4 is 11.1 Å². The number of carbonyl (C=O) groups excluding carboxylic acids is 4. The fraction of sp³-hybridized carbons (Fsp3) is 0.481. The third kappa shape index (κ3) is 4.05. The third-order valence-electron chi connectivity index (χ3n) is 7.69. The second-order valence-corrected chi connectivity index (χ2v) is 11.5. The van der Waals surface area contributed by atoms with Crippen molar-refractivity contribution >= 4 is 23.6 Å². The molecule has 0 aliphatic heterocycles. The molecule has 12 nitrogen and oxygen atoms in total. The molecule has 12 heteroatoms. The molecule has 0 saturated heterocycles. The number of hydrogen-bond acceptors (Lipinski definition) is 10. The van der Waals surface area contributed by atoms with E-state index in [1.807, 2.05) is 0 Å². The highest BCUT2D eigenvalue weighted by Crippen LogP contribution is 2.56. The predicted octanol–water partition coefficient (Wildman–Crippen LogP) is 1.18. The van der Waals surface area contributed by atoms with E-state index in [-0.39, 0.29) is 11.3 Å². The number of fused-ring (bicyclic) bond motifs is 3. The van der Waals surface area contributed by atoms with Gasteiger partial charge in [-0.25, -0.2) is 4.79 Å². The number of hydrogen-bond donors (Lipinski definition) is 6. The van der Waals surface area contributed by atoms with E-state index in [4.69, 9.17) is 10.5 Å². The van der Waals surface area contributed by atoms with E-state index in [0.29, 0.717) is 5.56 Å². The van der Waals surface area contributed by atoms with Gasteiger partial charge in [0.05, 0.1) is 17.5 Å². The van der Waals surface area contributed by atoms with E-state index in [9.17, 15) is 39.6 Å². The molecule has 0 bridgehead atoms. The Balaban J connectivity index is 2.07. The maximum atomic E-state index is 13.8. The molecule has 0 radical (unpaired) electrons. The molecule has 2 amide bonds. The number of primary amides is 1. The number of alkyl carbamates (subject to hydrolysis) is 1. The Bertz CT molecular complexity index is 1360. The van der Waals surface area contributed by atoms with Crippen molar-refractivity contribution in [1.29, 1.82) is 0 Å². The fourth-order valence-electron chi connectivity index (χ4n) is 6.15. The van der Waals surface area contributed by atoms with Crippen LogP contribution in [0.3, 0.4) is 0 Å². The Morgan fingerprint density at radius 2 is 1.74 bits per heavy atom. The highest BCUT2D eigenvalue weighted by Gasteiger charge is 2.68. The first-order valence-corrected chi connectivity index (χ1v) is 12.4. The van der Waals surface area contributed by atoms with Crippen LogP contribution in [0, 0.1) is 11.8 Å². The number of ether oxygens (including phenoxy) is 1. The molecule has 3 aliphatic rings. The SMILES string of the molecule is CC1c2cccc(O)c2C(=O)C2=C(O)C3(O)C(=O)C(C(N)=O)=C(O)C(N(C)C)C3C(OC(=O)NC(C)(C)C)C21. The van der Waals surface area contributed by atoms with Crippen LogP contribution in [0.15, 0.2) is 40.9 Å². The van der Waals surface area contributed by atoms with Gasteiger partial charge in [0.2, 0.25) is 5.78 Å². The molecule has 0 aromatic heterocycles. The second kappa shape index (κ2) is 9.09. The van der Waals surface area contributed by atoms with E-state index in [2.05, 4.69) is 5.32 Å². The number of amides is 2. The van der Waals surface area contributed by atoms with Gasteiger partial charge in [0.15, 0.2) is 11.4 Å². The summed E-state index contributed by atoms with van der Waals surface area (Å²) in [5.41, 5.74) is 0.522. The molecule has 0 fully saturated rings. The number of rotatable bonds is 3. The van der Waals surface area contributed by atoms with E-state index in [1.54, 1.807) is 33.8 Å².